The molecule has 0 aromatic heterocycles. The van der Waals surface area contributed by atoms with Crippen molar-refractivity contribution in [3.8, 4) is 0 Å². The highest BCUT2D eigenvalue weighted by molar-refractivity contribution is 5.81. The van der Waals surface area contributed by atoms with Gasteiger partial charge in [0.15, 0.2) is 0 Å². The standard InChI is InChI=1S/C44H80N4O7/c1-37(2)19-29(20-38(3,4)45-37)52-27-28(17-34(49)53-30-21-39(5,6)46-40(7,8)22-30)33(36(51)55-32-25-43(13,14)48-44(15,16)26-32)18-35(50)54-31-23-41(9,10)47-42(11,12)24-31/h28-33,45-48H,17-27H2,1-16H3. The summed E-state index contributed by atoms with van der Waals surface area (Å²) >= 11 is 0. The molecule has 0 radical (unpaired) electrons. The Morgan fingerprint density at radius 3 is 1.04 bits per heavy atom. The first-order valence-electron chi connectivity index (χ1n) is 21.1. The fourth-order valence-corrected chi connectivity index (χ4v) is 11.4. The summed E-state index contributed by atoms with van der Waals surface area (Å²) in [6.45, 7) is 34.2. The molecule has 11 heteroatoms. The maximum absolute atomic E-state index is 14.6. The molecule has 0 aromatic carbocycles. The molecule has 0 amide bonds. The first-order valence-corrected chi connectivity index (χ1v) is 21.1. The second-order valence-electron chi connectivity index (χ2n) is 23.2. The Labute approximate surface area is 334 Å². The average molecular weight is 777 g/mol. The van der Waals surface area contributed by atoms with Gasteiger partial charge in [-0.25, -0.2) is 0 Å². The van der Waals surface area contributed by atoms with E-state index in [9.17, 15) is 14.4 Å². The third-order valence-electron chi connectivity index (χ3n) is 11.7. The van der Waals surface area contributed by atoms with Crippen molar-refractivity contribution in [3.63, 3.8) is 0 Å². The van der Waals surface area contributed by atoms with E-state index in [0.29, 0.717) is 38.5 Å². The minimum absolute atomic E-state index is 0.0772. The van der Waals surface area contributed by atoms with Crippen LogP contribution in [0.5, 0.6) is 0 Å². The highest BCUT2D eigenvalue weighted by Gasteiger charge is 2.46. The molecule has 0 saturated carbocycles. The zero-order chi connectivity index (χ0) is 41.6. The molecule has 0 aromatic rings. The van der Waals surface area contributed by atoms with Crippen molar-refractivity contribution in [2.24, 2.45) is 11.8 Å². The summed E-state index contributed by atoms with van der Waals surface area (Å²) in [4.78, 5) is 42.7. The molecule has 318 valence electrons. The van der Waals surface area contributed by atoms with Crippen LogP contribution in [-0.2, 0) is 33.3 Å². The van der Waals surface area contributed by atoms with Crippen molar-refractivity contribution in [2.45, 2.75) is 244 Å². The zero-order valence-corrected chi connectivity index (χ0v) is 37.6. The van der Waals surface area contributed by atoms with E-state index >= 15 is 0 Å². The van der Waals surface area contributed by atoms with E-state index in [1.54, 1.807) is 0 Å². The molecule has 4 rings (SSSR count). The van der Waals surface area contributed by atoms with E-state index in [0.717, 1.165) is 12.8 Å². The lowest BCUT2D eigenvalue weighted by Gasteiger charge is -2.47. The lowest BCUT2D eigenvalue weighted by molar-refractivity contribution is -0.171. The van der Waals surface area contributed by atoms with Crippen molar-refractivity contribution in [1.29, 1.82) is 0 Å². The molecule has 55 heavy (non-hydrogen) atoms. The number of carbonyl (C=O) groups is 3. The van der Waals surface area contributed by atoms with E-state index in [-0.39, 0.29) is 88.2 Å². The van der Waals surface area contributed by atoms with Crippen LogP contribution < -0.4 is 21.3 Å². The van der Waals surface area contributed by atoms with Crippen molar-refractivity contribution >= 4 is 17.9 Å². The lowest BCUT2D eigenvalue weighted by Crippen LogP contribution is -2.60. The van der Waals surface area contributed by atoms with Gasteiger partial charge >= 0.3 is 17.9 Å². The molecule has 2 unspecified atom stereocenters. The molecule has 0 aliphatic carbocycles. The normalized spacial score (nSPS) is 28.4. The van der Waals surface area contributed by atoms with Crippen LogP contribution in [0.2, 0.25) is 0 Å². The van der Waals surface area contributed by atoms with Gasteiger partial charge in [0.25, 0.3) is 0 Å². The van der Waals surface area contributed by atoms with Gasteiger partial charge in [-0.05, 0) is 124 Å². The Bertz CT molecular complexity index is 1320. The van der Waals surface area contributed by atoms with Crippen molar-refractivity contribution < 1.29 is 33.3 Å². The van der Waals surface area contributed by atoms with Crippen LogP contribution in [-0.4, -0.2) is 93.2 Å². The minimum atomic E-state index is -0.965. The fourth-order valence-electron chi connectivity index (χ4n) is 11.4. The van der Waals surface area contributed by atoms with Crippen LogP contribution in [0.1, 0.15) is 175 Å². The van der Waals surface area contributed by atoms with Crippen LogP contribution in [0.25, 0.3) is 0 Å². The molecule has 4 saturated heterocycles. The molecule has 11 nitrogen and oxygen atoms in total. The Kier molecular flexibility index (Phi) is 13.4. The molecule has 4 aliphatic heterocycles. The molecular formula is C44H80N4O7. The number of esters is 3. The topological polar surface area (TPSA) is 136 Å². The molecule has 4 heterocycles. The van der Waals surface area contributed by atoms with Gasteiger partial charge in [-0.3, -0.25) is 14.4 Å². The van der Waals surface area contributed by atoms with Crippen molar-refractivity contribution in [1.82, 2.24) is 21.3 Å². The summed E-state index contributed by atoms with van der Waals surface area (Å²) in [5, 5.41) is 14.7. The van der Waals surface area contributed by atoms with Gasteiger partial charge in [-0.1, -0.05) is 0 Å². The van der Waals surface area contributed by atoms with Gasteiger partial charge < -0.3 is 40.2 Å². The van der Waals surface area contributed by atoms with Gasteiger partial charge in [0.2, 0.25) is 0 Å². The molecule has 2 atom stereocenters. The number of piperidine rings is 4. The zero-order valence-electron chi connectivity index (χ0n) is 37.6. The van der Waals surface area contributed by atoms with E-state index in [2.05, 4.69) is 132 Å². The Morgan fingerprint density at radius 1 is 0.436 bits per heavy atom. The predicted octanol–water partition coefficient (Wildman–Crippen LogP) is 6.88. The van der Waals surface area contributed by atoms with Gasteiger partial charge in [-0.15, -0.1) is 0 Å². The van der Waals surface area contributed by atoms with E-state index in [4.69, 9.17) is 18.9 Å². The number of rotatable bonds is 12. The lowest BCUT2D eigenvalue weighted by atomic mass is 9.80. The van der Waals surface area contributed by atoms with Crippen LogP contribution in [0, 0.1) is 11.8 Å². The molecule has 4 N–H and O–H groups in total. The van der Waals surface area contributed by atoms with Crippen molar-refractivity contribution in [2.75, 3.05) is 6.61 Å². The Balaban J connectivity index is 1.64. The van der Waals surface area contributed by atoms with E-state index in [1.165, 1.54) is 0 Å². The van der Waals surface area contributed by atoms with Crippen LogP contribution >= 0.6 is 0 Å². The summed E-state index contributed by atoms with van der Waals surface area (Å²) in [6, 6.07) is 0. The summed E-state index contributed by atoms with van der Waals surface area (Å²) < 4.78 is 25.5. The van der Waals surface area contributed by atoms with Crippen molar-refractivity contribution in [3.05, 3.63) is 0 Å². The molecule has 0 bridgehead atoms. The molecular weight excluding hydrogens is 697 g/mol. The largest absolute Gasteiger partial charge is 0.462 e. The minimum Gasteiger partial charge on any atom is -0.462 e. The fraction of sp³-hybridized carbons (Fsp3) is 0.932. The van der Waals surface area contributed by atoms with Crippen LogP contribution in [0.3, 0.4) is 0 Å². The van der Waals surface area contributed by atoms with E-state index in [1.807, 2.05) is 0 Å². The number of hydrogen-bond donors (Lipinski definition) is 4. The number of ether oxygens (including phenoxy) is 4. The average Bonchev–Trinajstić information content (AvgIpc) is 2.86. The van der Waals surface area contributed by atoms with Gasteiger partial charge in [0, 0.05) is 88.8 Å². The summed E-state index contributed by atoms with van der Waals surface area (Å²) in [7, 11) is 0. The quantitative estimate of drug-likeness (QED) is 0.122. The van der Waals surface area contributed by atoms with Crippen LogP contribution in [0.4, 0.5) is 0 Å². The number of nitrogens with one attached hydrogen (secondary N) is 4. The Hall–Kier alpha value is -1.79. The first kappa shape index (κ1) is 45.9. The third-order valence-corrected chi connectivity index (χ3v) is 11.7. The predicted molar refractivity (Wildman–Crippen MR) is 218 cm³/mol. The Morgan fingerprint density at radius 2 is 0.709 bits per heavy atom. The highest BCUT2D eigenvalue weighted by atomic mass is 16.6. The first-order chi connectivity index (χ1) is 24.7. The SMILES string of the molecule is CC1(C)CC(OCC(CC(=O)OC2CC(C)(C)NC(C)(C)C2)C(CC(=O)OC2CC(C)(C)NC(C)(C)C2)C(=O)OC2CC(C)(C)NC(C)(C)C2)CC(C)(C)N1. The number of carbonyl (C=O) groups excluding carboxylic acids is 3. The number of hydrogen-bond acceptors (Lipinski definition) is 11. The summed E-state index contributed by atoms with van der Waals surface area (Å²) in [5.74, 6) is -2.98. The van der Waals surface area contributed by atoms with Gasteiger partial charge in [-0.2, -0.15) is 0 Å². The molecule has 4 aliphatic rings. The summed E-state index contributed by atoms with van der Waals surface area (Å²) in [5.41, 5.74) is -1.73. The maximum Gasteiger partial charge on any atom is 0.310 e. The third kappa shape index (κ3) is 14.5. The monoisotopic (exact) mass is 777 g/mol. The molecule has 4 fully saturated rings. The smallest absolute Gasteiger partial charge is 0.310 e. The van der Waals surface area contributed by atoms with Gasteiger partial charge in [0.1, 0.15) is 18.3 Å². The second-order valence-corrected chi connectivity index (χ2v) is 23.2. The van der Waals surface area contributed by atoms with Gasteiger partial charge in [0.05, 0.1) is 31.5 Å². The van der Waals surface area contributed by atoms with Crippen LogP contribution in [0.15, 0.2) is 0 Å². The molecule has 0 spiro atoms. The highest BCUT2D eigenvalue weighted by Crippen LogP contribution is 2.37. The summed E-state index contributed by atoms with van der Waals surface area (Å²) in [6.07, 6.45) is 4.09. The maximum atomic E-state index is 14.6. The second kappa shape index (κ2) is 16.1. The van der Waals surface area contributed by atoms with E-state index < -0.39 is 29.7 Å².